The monoisotopic (exact) mass is 461 g/mol. The Balaban J connectivity index is 1.50. The molecule has 0 N–H and O–H groups in total. The van der Waals surface area contributed by atoms with Crippen molar-refractivity contribution in [3.63, 3.8) is 0 Å². The minimum Gasteiger partial charge on any atom is -0.497 e. The topological polar surface area (TPSA) is 55.8 Å². The van der Waals surface area contributed by atoms with Gasteiger partial charge >= 0.3 is 0 Å². The lowest BCUT2D eigenvalue weighted by molar-refractivity contribution is 0.274. The first-order chi connectivity index (χ1) is 16.0. The number of hydrogen-bond acceptors (Lipinski definition) is 4. The molecule has 0 radical (unpaired) electrons. The normalized spacial score (nSPS) is 17.5. The Hall–Kier alpha value is -3.09. The number of allylic oxidation sites excluding steroid dienone is 1. The van der Waals surface area contributed by atoms with E-state index < -0.39 is 10.0 Å². The Labute approximate surface area is 195 Å². The van der Waals surface area contributed by atoms with E-state index >= 15 is 0 Å². The number of hydrogen-bond donors (Lipinski definition) is 0. The largest absolute Gasteiger partial charge is 0.497 e. The van der Waals surface area contributed by atoms with Gasteiger partial charge in [-0.25, -0.2) is 8.42 Å². The van der Waals surface area contributed by atoms with Crippen LogP contribution in [0.1, 0.15) is 29.5 Å². The molecular weight excluding hydrogens is 434 g/mol. The molecule has 1 aliphatic carbocycles. The van der Waals surface area contributed by atoms with Crippen LogP contribution >= 0.6 is 0 Å². The third-order valence-corrected chi connectivity index (χ3v) is 8.78. The van der Waals surface area contributed by atoms with Crippen molar-refractivity contribution < 1.29 is 17.9 Å². The van der Waals surface area contributed by atoms with Crippen molar-refractivity contribution >= 4 is 15.6 Å². The molecule has 3 aromatic rings. The van der Waals surface area contributed by atoms with Crippen LogP contribution in [0, 0.1) is 0 Å². The smallest absolute Gasteiger partial charge is 0.243 e. The molecule has 0 amide bonds. The van der Waals surface area contributed by atoms with E-state index in [0.717, 1.165) is 29.9 Å². The van der Waals surface area contributed by atoms with Gasteiger partial charge in [-0.05, 0) is 71.5 Å². The molecule has 0 atom stereocenters. The van der Waals surface area contributed by atoms with Gasteiger partial charge in [-0.3, -0.25) is 0 Å². The third kappa shape index (κ3) is 3.73. The Morgan fingerprint density at radius 3 is 2.09 bits per heavy atom. The number of fused-ring (bicyclic) bond motifs is 2. The Bertz CT molecular complexity index is 1290. The summed E-state index contributed by atoms with van der Waals surface area (Å²) >= 11 is 0. The molecule has 170 valence electrons. The fourth-order valence-electron chi connectivity index (χ4n) is 5.02. The number of nitrogens with zero attached hydrogens (tertiary/aromatic N) is 1. The van der Waals surface area contributed by atoms with Gasteiger partial charge in [-0.2, -0.15) is 4.31 Å². The second kappa shape index (κ2) is 8.36. The predicted molar refractivity (Wildman–Crippen MR) is 129 cm³/mol. The highest BCUT2D eigenvalue weighted by Gasteiger charge is 2.43. The molecule has 5 rings (SSSR count). The van der Waals surface area contributed by atoms with Gasteiger partial charge in [0.15, 0.2) is 0 Å². The minimum atomic E-state index is -3.50. The Morgan fingerprint density at radius 2 is 1.45 bits per heavy atom. The van der Waals surface area contributed by atoms with E-state index in [9.17, 15) is 8.42 Å². The molecule has 1 spiro atoms. The van der Waals surface area contributed by atoms with Gasteiger partial charge in [0.2, 0.25) is 10.0 Å². The van der Waals surface area contributed by atoms with Crippen LogP contribution in [0.5, 0.6) is 11.5 Å². The lowest BCUT2D eigenvalue weighted by atomic mass is 9.75. The van der Waals surface area contributed by atoms with Gasteiger partial charge in [-0.15, -0.1) is 0 Å². The minimum absolute atomic E-state index is 0.220. The molecule has 33 heavy (non-hydrogen) atoms. The van der Waals surface area contributed by atoms with Crippen molar-refractivity contribution in [2.24, 2.45) is 0 Å². The molecule has 0 saturated carbocycles. The van der Waals surface area contributed by atoms with E-state index in [-0.39, 0.29) is 5.41 Å². The molecule has 2 aliphatic rings. The maximum absolute atomic E-state index is 13.2. The third-order valence-electron chi connectivity index (χ3n) is 6.87. The first kappa shape index (κ1) is 21.7. The zero-order chi connectivity index (χ0) is 23.1. The van der Waals surface area contributed by atoms with Crippen molar-refractivity contribution in [2.75, 3.05) is 27.3 Å². The predicted octanol–water partition coefficient (Wildman–Crippen LogP) is 4.87. The van der Waals surface area contributed by atoms with Crippen LogP contribution in [-0.4, -0.2) is 40.0 Å². The average molecular weight is 462 g/mol. The van der Waals surface area contributed by atoms with E-state index in [1.807, 2.05) is 24.3 Å². The Kier molecular flexibility index (Phi) is 5.51. The van der Waals surface area contributed by atoms with E-state index in [0.29, 0.717) is 18.0 Å². The number of ether oxygens (including phenoxy) is 2. The van der Waals surface area contributed by atoms with E-state index in [4.69, 9.17) is 9.47 Å². The number of benzene rings is 3. The average Bonchev–Trinajstić information content (AvgIpc) is 3.18. The molecule has 3 aromatic carbocycles. The molecule has 0 aromatic heterocycles. The summed E-state index contributed by atoms with van der Waals surface area (Å²) in [7, 11) is -0.157. The highest BCUT2D eigenvalue weighted by atomic mass is 32.2. The quantitative estimate of drug-likeness (QED) is 0.544. The van der Waals surface area contributed by atoms with Crippen molar-refractivity contribution in [2.45, 2.75) is 23.2 Å². The SMILES string of the molecule is COc1ccc(C2=CC3(CCN(S(=O)(=O)c4ccccc4)CC3)c3cc(OC)ccc32)cc1. The number of sulfonamides is 1. The molecule has 1 heterocycles. The van der Waals surface area contributed by atoms with Crippen LogP contribution in [0.4, 0.5) is 0 Å². The van der Waals surface area contributed by atoms with E-state index in [1.54, 1.807) is 42.8 Å². The van der Waals surface area contributed by atoms with Gasteiger partial charge in [0.05, 0.1) is 19.1 Å². The lowest BCUT2D eigenvalue weighted by Gasteiger charge is -2.38. The summed E-state index contributed by atoms with van der Waals surface area (Å²) in [5, 5.41) is 0. The molecule has 1 fully saturated rings. The van der Waals surface area contributed by atoms with Gasteiger partial charge < -0.3 is 9.47 Å². The van der Waals surface area contributed by atoms with Gasteiger partial charge in [0, 0.05) is 18.5 Å². The van der Waals surface area contributed by atoms with Gasteiger partial charge in [-0.1, -0.05) is 42.5 Å². The van der Waals surface area contributed by atoms with Crippen molar-refractivity contribution in [1.82, 2.24) is 4.31 Å². The second-order valence-electron chi connectivity index (χ2n) is 8.57. The molecule has 0 bridgehead atoms. The summed E-state index contributed by atoms with van der Waals surface area (Å²) < 4.78 is 38.8. The summed E-state index contributed by atoms with van der Waals surface area (Å²) in [6.45, 7) is 0.945. The second-order valence-corrected chi connectivity index (χ2v) is 10.5. The standard InChI is InChI=1S/C27H27NO4S/c1-31-21-10-8-20(9-11-21)25-19-27(26-18-22(32-2)12-13-24(25)26)14-16-28(17-15-27)33(29,30)23-6-4-3-5-7-23/h3-13,18-19H,14-17H2,1-2H3. The number of piperidine rings is 1. The maximum atomic E-state index is 13.2. The maximum Gasteiger partial charge on any atom is 0.243 e. The van der Waals surface area contributed by atoms with Crippen LogP contribution in [0.15, 0.2) is 83.8 Å². The molecule has 5 nitrogen and oxygen atoms in total. The van der Waals surface area contributed by atoms with Crippen LogP contribution < -0.4 is 9.47 Å². The fraction of sp³-hybridized carbons (Fsp3) is 0.259. The van der Waals surface area contributed by atoms with Crippen LogP contribution in [-0.2, 0) is 15.4 Å². The summed E-state index contributed by atoms with van der Waals surface area (Å²) in [5.74, 6) is 1.64. The van der Waals surface area contributed by atoms with Crippen molar-refractivity contribution in [3.05, 3.63) is 95.6 Å². The van der Waals surface area contributed by atoms with Crippen LogP contribution in [0.2, 0.25) is 0 Å². The Morgan fingerprint density at radius 1 is 0.818 bits per heavy atom. The zero-order valence-electron chi connectivity index (χ0n) is 18.8. The van der Waals surface area contributed by atoms with E-state index in [2.05, 4.69) is 30.3 Å². The summed E-state index contributed by atoms with van der Waals surface area (Å²) in [6.07, 6.45) is 3.78. The molecule has 1 aliphatic heterocycles. The van der Waals surface area contributed by atoms with E-state index in [1.165, 1.54) is 16.7 Å². The van der Waals surface area contributed by atoms with Gasteiger partial charge in [0.25, 0.3) is 0 Å². The number of methoxy groups -OCH3 is 2. The first-order valence-corrected chi connectivity index (χ1v) is 12.5. The molecule has 0 unspecified atom stereocenters. The highest BCUT2D eigenvalue weighted by molar-refractivity contribution is 7.89. The molecule has 1 saturated heterocycles. The zero-order valence-corrected chi connectivity index (χ0v) is 19.6. The molecular formula is C27H27NO4S. The van der Waals surface area contributed by atoms with Crippen LogP contribution in [0.3, 0.4) is 0 Å². The van der Waals surface area contributed by atoms with Gasteiger partial charge in [0.1, 0.15) is 11.5 Å². The first-order valence-electron chi connectivity index (χ1n) is 11.1. The summed E-state index contributed by atoms with van der Waals surface area (Å²) in [6, 6.07) is 23.0. The summed E-state index contributed by atoms with van der Waals surface area (Å²) in [4.78, 5) is 0.351. The number of rotatable bonds is 5. The van der Waals surface area contributed by atoms with Crippen molar-refractivity contribution in [1.29, 1.82) is 0 Å². The van der Waals surface area contributed by atoms with Crippen LogP contribution in [0.25, 0.3) is 5.57 Å². The summed E-state index contributed by atoms with van der Waals surface area (Å²) in [5.41, 5.74) is 4.47. The highest BCUT2D eigenvalue weighted by Crippen LogP contribution is 2.50. The lowest BCUT2D eigenvalue weighted by Crippen LogP contribution is -2.43. The molecule has 6 heteroatoms. The fourth-order valence-corrected chi connectivity index (χ4v) is 6.48. The van der Waals surface area contributed by atoms with Crippen molar-refractivity contribution in [3.8, 4) is 11.5 Å².